The average molecular weight is 701 g/mol. The molecule has 1 heterocycles. The second-order valence-electron chi connectivity index (χ2n) is 11.5. The fraction of sp³-hybridized carbons (Fsp3) is 0.146. The van der Waals surface area contributed by atoms with Gasteiger partial charge in [-0.15, -0.1) is 0 Å². The summed E-state index contributed by atoms with van der Waals surface area (Å²) in [5.74, 6) is -4.08. The van der Waals surface area contributed by atoms with Gasteiger partial charge in [-0.1, -0.05) is 91.0 Å². The van der Waals surface area contributed by atoms with Gasteiger partial charge < -0.3 is 28.4 Å². The zero-order chi connectivity index (χ0) is 36.3. The summed E-state index contributed by atoms with van der Waals surface area (Å²) in [5.41, 5.74) is 0.837. The highest BCUT2D eigenvalue weighted by Gasteiger charge is 2.56. The van der Waals surface area contributed by atoms with Gasteiger partial charge in [0.1, 0.15) is 12.7 Å². The highest BCUT2D eigenvalue weighted by molar-refractivity contribution is 5.92. The normalized spacial score (nSPS) is 18.3. The van der Waals surface area contributed by atoms with Gasteiger partial charge in [0.15, 0.2) is 12.2 Å². The van der Waals surface area contributed by atoms with Gasteiger partial charge >= 0.3 is 29.8 Å². The van der Waals surface area contributed by atoms with E-state index in [4.69, 9.17) is 28.4 Å². The molecule has 5 atom stereocenters. The predicted octanol–water partition coefficient (Wildman–Crippen LogP) is 6.10. The SMILES string of the molecule is O=C(OC[C@@H](OC(=O)c1ccccc1)[C@@H]1OC(OC(=O)c2ccccc2)[C@H](OC(=O)c2ccccc2)[C@H]1OC(=O)c1ccccc1)c1ccccc1. The van der Waals surface area contributed by atoms with Gasteiger partial charge in [-0.3, -0.25) is 0 Å². The van der Waals surface area contributed by atoms with Gasteiger partial charge in [-0.2, -0.15) is 0 Å². The van der Waals surface area contributed by atoms with Crippen LogP contribution >= 0.6 is 0 Å². The van der Waals surface area contributed by atoms with Crippen LogP contribution in [0.1, 0.15) is 51.8 Å². The largest absolute Gasteiger partial charge is 0.458 e. The minimum atomic E-state index is -1.68. The van der Waals surface area contributed by atoms with Crippen molar-refractivity contribution >= 4 is 29.8 Å². The molecular weight excluding hydrogens is 668 g/mol. The van der Waals surface area contributed by atoms with Crippen molar-refractivity contribution in [3.8, 4) is 0 Å². The van der Waals surface area contributed by atoms with Crippen LogP contribution in [0.4, 0.5) is 0 Å². The van der Waals surface area contributed by atoms with Crippen LogP contribution in [0.25, 0.3) is 0 Å². The van der Waals surface area contributed by atoms with Gasteiger partial charge in [0.25, 0.3) is 0 Å². The Labute approximate surface area is 298 Å². The van der Waals surface area contributed by atoms with E-state index in [0.29, 0.717) is 0 Å². The van der Waals surface area contributed by atoms with Crippen molar-refractivity contribution in [3.05, 3.63) is 179 Å². The van der Waals surface area contributed by atoms with E-state index in [1.807, 2.05) is 0 Å². The van der Waals surface area contributed by atoms with Crippen molar-refractivity contribution in [1.29, 1.82) is 0 Å². The average Bonchev–Trinajstić information content (AvgIpc) is 3.52. The molecule has 1 aliphatic rings. The lowest BCUT2D eigenvalue weighted by molar-refractivity contribution is -0.156. The Morgan fingerprint density at radius 1 is 0.442 bits per heavy atom. The van der Waals surface area contributed by atoms with E-state index >= 15 is 0 Å². The molecule has 5 aromatic rings. The Kier molecular flexibility index (Phi) is 11.4. The van der Waals surface area contributed by atoms with Gasteiger partial charge in [0, 0.05) is 0 Å². The molecule has 6 rings (SSSR count). The Bertz CT molecular complexity index is 1970. The first-order valence-corrected chi connectivity index (χ1v) is 16.3. The number of benzene rings is 5. The van der Waals surface area contributed by atoms with Crippen LogP contribution in [0.5, 0.6) is 0 Å². The zero-order valence-electron chi connectivity index (χ0n) is 27.5. The summed E-state index contributed by atoms with van der Waals surface area (Å²) in [6.07, 6.45) is -7.79. The summed E-state index contributed by atoms with van der Waals surface area (Å²) in [4.78, 5) is 67.0. The lowest BCUT2D eigenvalue weighted by Crippen LogP contribution is -2.47. The van der Waals surface area contributed by atoms with Crippen LogP contribution in [0, 0.1) is 0 Å². The minimum Gasteiger partial charge on any atom is -0.458 e. The molecule has 262 valence electrons. The summed E-state index contributed by atoms with van der Waals surface area (Å²) in [7, 11) is 0. The second kappa shape index (κ2) is 16.9. The summed E-state index contributed by atoms with van der Waals surface area (Å²) in [5, 5.41) is 0. The quantitative estimate of drug-likeness (QED) is 0.110. The number of hydrogen-bond donors (Lipinski definition) is 0. The first-order valence-electron chi connectivity index (χ1n) is 16.3. The van der Waals surface area contributed by atoms with Crippen LogP contribution in [-0.4, -0.2) is 67.2 Å². The monoisotopic (exact) mass is 700 g/mol. The van der Waals surface area contributed by atoms with Crippen LogP contribution in [0.15, 0.2) is 152 Å². The van der Waals surface area contributed by atoms with Gasteiger partial charge in [-0.05, 0) is 60.7 Å². The number of rotatable bonds is 12. The molecule has 0 bridgehead atoms. The van der Waals surface area contributed by atoms with E-state index in [9.17, 15) is 24.0 Å². The molecule has 5 aromatic carbocycles. The maximum absolute atomic E-state index is 13.6. The van der Waals surface area contributed by atoms with E-state index in [1.165, 1.54) is 48.5 Å². The standard InChI is InChI=1S/C41H32O11/c42-36(27-16-6-1-7-17-27)47-26-32(48-37(43)28-18-8-2-9-19-28)33-34(49-38(44)29-20-10-3-11-21-29)35(50-39(45)30-22-12-4-13-23-30)41(51-33)52-40(46)31-24-14-5-15-25-31/h1-25,32-35,41H,26H2/t32-,33+,34+,35-,41?/m1/s1. The molecule has 0 radical (unpaired) electrons. The van der Waals surface area contributed by atoms with Crippen molar-refractivity contribution in [2.75, 3.05) is 6.61 Å². The van der Waals surface area contributed by atoms with Crippen molar-refractivity contribution in [1.82, 2.24) is 0 Å². The number of carbonyl (C=O) groups is 5. The van der Waals surface area contributed by atoms with Crippen molar-refractivity contribution in [2.45, 2.75) is 30.7 Å². The smallest absolute Gasteiger partial charge is 0.340 e. The second-order valence-corrected chi connectivity index (χ2v) is 11.5. The third-order valence-electron chi connectivity index (χ3n) is 7.97. The molecule has 0 amide bonds. The lowest BCUT2D eigenvalue weighted by atomic mass is 10.0. The van der Waals surface area contributed by atoms with Gasteiger partial charge in [0.2, 0.25) is 12.4 Å². The fourth-order valence-electron chi connectivity index (χ4n) is 5.37. The summed E-state index contributed by atoms with van der Waals surface area (Å²) < 4.78 is 35.3. The summed E-state index contributed by atoms with van der Waals surface area (Å²) in [6, 6.07) is 40.1. The maximum Gasteiger partial charge on any atom is 0.340 e. The molecule has 1 saturated heterocycles. The topological polar surface area (TPSA) is 141 Å². The van der Waals surface area contributed by atoms with Gasteiger partial charge in [-0.25, -0.2) is 24.0 Å². The number of ether oxygens (including phenoxy) is 6. The Hall–Kier alpha value is -6.59. The Morgan fingerprint density at radius 3 is 1.21 bits per heavy atom. The van der Waals surface area contributed by atoms with Crippen LogP contribution in [0.2, 0.25) is 0 Å². The number of carbonyl (C=O) groups excluding carboxylic acids is 5. The molecule has 52 heavy (non-hydrogen) atoms. The molecule has 0 aliphatic carbocycles. The fourth-order valence-corrected chi connectivity index (χ4v) is 5.37. The van der Waals surface area contributed by atoms with Crippen molar-refractivity contribution in [3.63, 3.8) is 0 Å². The molecule has 0 N–H and O–H groups in total. The van der Waals surface area contributed by atoms with E-state index in [0.717, 1.165) is 0 Å². The molecule has 0 aromatic heterocycles. The summed E-state index contributed by atoms with van der Waals surface area (Å²) >= 11 is 0. The van der Waals surface area contributed by atoms with Crippen LogP contribution in [0.3, 0.4) is 0 Å². The number of hydrogen-bond acceptors (Lipinski definition) is 11. The first kappa shape index (κ1) is 35.2. The molecule has 11 heteroatoms. The third kappa shape index (κ3) is 8.76. The van der Waals surface area contributed by atoms with E-state index in [2.05, 4.69) is 0 Å². The van der Waals surface area contributed by atoms with Gasteiger partial charge in [0.05, 0.1) is 27.8 Å². The zero-order valence-corrected chi connectivity index (χ0v) is 27.5. The van der Waals surface area contributed by atoms with E-state index in [1.54, 1.807) is 103 Å². The van der Waals surface area contributed by atoms with Crippen LogP contribution in [-0.2, 0) is 28.4 Å². The number of esters is 5. The van der Waals surface area contributed by atoms with E-state index in [-0.39, 0.29) is 27.8 Å². The summed E-state index contributed by atoms with van der Waals surface area (Å²) in [6.45, 7) is -0.588. The van der Waals surface area contributed by atoms with E-state index < -0.39 is 67.2 Å². The highest BCUT2D eigenvalue weighted by Crippen LogP contribution is 2.33. The molecule has 1 fully saturated rings. The Morgan fingerprint density at radius 2 is 0.788 bits per heavy atom. The molecule has 0 saturated carbocycles. The molecule has 11 nitrogen and oxygen atoms in total. The minimum absolute atomic E-state index is 0.146. The van der Waals surface area contributed by atoms with Crippen LogP contribution < -0.4 is 0 Å². The maximum atomic E-state index is 13.6. The first-order chi connectivity index (χ1) is 25.4. The highest BCUT2D eigenvalue weighted by atomic mass is 16.8. The predicted molar refractivity (Wildman–Crippen MR) is 184 cm³/mol. The molecule has 0 spiro atoms. The van der Waals surface area contributed by atoms with Crippen molar-refractivity contribution in [2.24, 2.45) is 0 Å². The molecule has 1 unspecified atom stereocenters. The van der Waals surface area contributed by atoms with Crippen molar-refractivity contribution < 1.29 is 52.4 Å². The third-order valence-corrected chi connectivity index (χ3v) is 7.97. The lowest BCUT2D eigenvalue weighted by Gasteiger charge is -2.28. The molecular formula is C41H32O11. The molecule has 1 aliphatic heterocycles. The Balaban J connectivity index is 1.38.